The van der Waals surface area contributed by atoms with E-state index in [1.165, 1.54) is 6.21 Å². The molecule has 8 nitrogen and oxygen atoms in total. The molecular formula is C21H18N4O4. The first-order valence-corrected chi connectivity index (χ1v) is 8.84. The van der Waals surface area contributed by atoms with Gasteiger partial charge in [0, 0.05) is 17.0 Å². The van der Waals surface area contributed by atoms with Gasteiger partial charge in [0.05, 0.1) is 24.4 Å². The molecule has 0 aliphatic carbocycles. The number of aromatic hydroxyl groups is 1. The average molecular weight is 390 g/mol. The van der Waals surface area contributed by atoms with Gasteiger partial charge in [-0.1, -0.05) is 18.2 Å². The second-order valence-corrected chi connectivity index (χ2v) is 6.43. The van der Waals surface area contributed by atoms with Crippen molar-refractivity contribution in [2.45, 2.75) is 6.42 Å². The van der Waals surface area contributed by atoms with Crippen LogP contribution in [0.25, 0.3) is 21.9 Å². The third kappa shape index (κ3) is 3.10. The second-order valence-electron chi connectivity index (χ2n) is 6.43. The molecule has 2 aromatic carbocycles. The molecule has 29 heavy (non-hydrogen) atoms. The first-order valence-electron chi connectivity index (χ1n) is 8.84. The molecule has 0 bridgehead atoms. The van der Waals surface area contributed by atoms with Crippen molar-refractivity contribution < 1.29 is 9.84 Å². The van der Waals surface area contributed by atoms with Gasteiger partial charge in [-0.3, -0.25) is 4.79 Å². The van der Waals surface area contributed by atoms with E-state index in [0.717, 1.165) is 0 Å². The highest BCUT2D eigenvalue weighted by Crippen LogP contribution is 2.25. The zero-order valence-electron chi connectivity index (χ0n) is 15.6. The van der Waals surface area contributed by atoms with Crippen molar-refractivity contribution in [1.82, 2.24) is 14.6 Å². The van der Waals surface area contributed by atoms with Gasteiger partial charge in [-0.25, -0.2) is 4.79 Å². The fourth-order valence-corrected chi connectivity index (χ4v) is 3.21. The Kier molecular flexibility index (Phi) is 4.52. The Balaban J connectivity index is 1.85. The first kappa shape index (κ1) is 18.3. The lowest BCUT2D eigenvalue weighted by Gasteiger charge is -2.04. The minimum absolute atomic E-state index is 0.0272. The lowest BCUT2D eigenvalue weighted by Crippen LogP contribution is -2.32. The number of ether oxygens (including phenoxy) is 1. The highest BCUT2D eigenvalue weighted by Gasteiger charge is 2.13. The highest BCUT2D eigenvalue weighted by molar-refractivity contribution is 6.04. The number of phenolic OH excluding ortho intramolecular Hbond substituents is 1. The number of phenols is 1. The number of hydrogen-bond donors (Lipinski definition) is 3. The maximum absolute atomic E-state index is 12.8. The Morgan fingerprint density at radius 1 is 1.21 bits per heavy atom. The van der Waals surface area contributed by atoms with Crippen molar-refractivity contribution in [2.24, 2.45) is 5.10 Å². The van der Waals surface area contributed by atoms with Crippen LogP contribution in [0.5, 0.6) is 11.5 Å². The van der Waals surface area contributed by atoms with Crippen LogP contribution in [-0.2, 0) is 6.42 Å². The van der Waals surface area contributed by atoms with E-state index >= 15 is 0 Å². The van der Waals surface area contributed by atoms with E-state index in [1.807, 2.05) is 0 Å². The maximum atomic E-state index is 12.8. The van der Waals surface area contributed by atoms with Crippen LogP contribution in [0.4, 0.5) is 0 Å². The smallest absolute Gasteiger partial charge is 0.350 e. The Morgan fingerprint density at radius 2 is 2.03 bits per heavy atom. The molecule has 0 saturated heterocycles. The Morgan fingerprint density at radius 3 is 2.79 bits per heavy atom. The fourth-order valence-electron chi connectivity index (χ4n) is 3.21. The zero-order chi connectivity index (χ0) is 20.5. The highest BCUT2D eigenvalue weighted by atomic mass is 16.5. The van der Waals surface area contributed by atoms with Crippen LogP contribution in [0.2, 0.25) is 0 Å². The molecule has 4 rings (SSSR count). The van der Waals surface area contributed by atoms with Gasteiger partial charge in [-0.05, 0) is 30.2 Å². The van der Waals surface area contributed by atoms with Gasteiger partial charge < -0.3 is 19.8 Å². The zero-order valence-corrected chi connectivity index (χ0v) is 15.6. The minimum Gasteiger partial charge on any atom is -0.507 e. The number of rotatable bonds is 5. The lowest BCUT2D eigenvalue weighted by molar-refractivity contribution is 0.415. The van der Waals surface area contributed by atoms with E-state index in [4.69, 9.17) is 4.74 Å². The molecule has 2 aromatic heterocycles. The van der Waals surface area contributed by atoms with Gasteiger partial charge in [-0.2, -0.15) is 5.10 Å². The summed E-state index contributed by atoms with van der Waals surface area (Å²) >= 11 is 0. The normalized spacial score (nSPS) is 11.5. The molecule has 0 amide bonds. The molecule has 3 N–H and O–H groups in total. The topological polar surface area (TPSA) is 112 Å². The van der Waals surface area contributed by atoms with E-state index in [0.29, 0.717) is 44.4 Å². The molecule has 0 aliphatic heterocycles. The summed E-state index contributed by atoms with van der Waals surface area (Å²) in [7, 11) is 1.55. The van der Waals surface area contributed by atoms with Crippen molar-refractivity contribution in [3.8, 4) is 11.5 Å². The van der Waals surface area contributed by atoms with E-state index in [2.05, 4.69) is 21.6 Å². The summed E-state index contributed by atoms with van der Waals surface area (Å²) < 4.78 is 5.91. The van der Waals surface area contributed by atoms with Crippen LogP contribution in [-0.4, -0.2) is 33.1 Å². The van der Waals surface area contributed by atoms with E-state index in [1.54, 1.807) is 49.6 Å². The maximum Gasteiger partial charge on any atom is 0.350 e. The summed E-state index contributed by atoms with van der Waals surface area (Å²) in [6.45, 7) is 3.65. The third-order valence-electron chi connectivity index (χ3n) is 4.66. The number of aromatic amines is 2. The summed E-state index contributed by atoms with van der Waals surface area (Å²) in [5.74, 6) is 0.652. The van der Waals surface area contributed by atoms with E-state index in [9.17, 15) is 14.7 Å². The van der Waals surface area contributed by atoms with Crippen LogP contribution in [0, 0.1) is 0 Å². The summed E-state index contributed by atoms with van der Waals surface area (Å²) in [4.78, 5) is 31.0. The first-order chi connectivity index (χ1) is 14.0. The van der Waals surface area contributed by atoms with Crippen LogP contribution in [0.15, 0.2) is 63.7 Å². The number of benzene rings is 2. The van der Waals surface area contributed by atoms with Crippen molar-refractivity contribution in [3.05, 3.63) is 81.0 Å². The van der Waals surface area contributed by atoms with Crippen LogP contribution in [0.3, 0.4) is 0 Å². The van der Waals surface area contributed by atoms with Gasteiger partial charge >= 0.3 is 11.2 Å². The number of para-hydroxylation sites is 1. The van der Waals surface area contributed by atoms with Gasteiger partial charge in [0.2, 0.25) is 0 Å². The standard InChI is InChI=1S/C21H18N4O4/c1-3-5-12-6-4-7-13(19(12)26)11-22-25-20(27)18-17(24-21(25)28)15-9-8-14(29-2)10-16(15)23-18/h3-4,6-11,23,26H,1,5H2,2H3,(H,24,28). The number of hydrogen-bond acceptors (Lipinski definition) is 5. The molecule has 4 aromatic rings. The molecule has 0 unspecified atom stereocenters. The van der Waals surface area contributed by atoms with Crippen LogP contribution in [0.1, 0.15) is 11.1 Å². The summed E-state index contributed by atoms with van der Waals surface area (Å²) in [5.41, 5.74) is 1.05. The largest absolute Gasteiger partial charge is 0.507 e. The number of fused-ring (bicyclic) bond motifs is 3. The van der Waals surface area contributed by atoms with Crippen LogP contribution < -0.4 is 16.0 Å². The quantitative estimate of drug-likeness (QED) is 0.359. The van der Waals surface area contributed by atoms with Gasteiger partial charge in [0.1, 0.15) is 17.0 Å². The van der Waals surface area contributed by atoms with Gasteiger partial charge in [0.25, 0.3) is 0 Å². The van der Waals surface area contributed by atoms with E-state index in [-0.39, 0.29) is 11.3 Å². The fraction of sp³-hybridized carbons (Fsp3) is 0.0952. The van der Waals surface area contributed by atoms with Crippen LogP contribution >= 0.6 is 0 Å². The molecular weight excluding hydrogens is 372 g/mol. The minimum atomic E-state index is -0.683. The molecule has 0 aliphatic rings. The third-order valence-corrected chi connectivity index (χ3v) is 4.66. The predicted octanol–water partition coefficient (Wildman–Crippen LogP) is 2.50. The van der Waals surface area contributed by atoms with Crippen molar-refractivity contribution in [2.75, 3.05) is 7.11 Å². The predicted molar refractivity (Wildman–Crippen MR) is 112 cm³/mol. The molecule has 2 heterocycles. The summed E-state index contributed by atoms with van der Waals surface area (Å²) in [6, 6.07) is 10.4. The SMILES string of the molecule is C=CCc1cccc(C=Nn2c(=O)[nH]c3c([nH]c4cc(OC)ccc43)c2=O)c1O. The van der Waals surface area contributed by atoms with Crippen molar-refractivity contribution in [1.29, 1.82) is 0 Å². The number of nitrogens with one attached hydrogen (secondary N) is 2. The molecule has 0 radical (unpaired) electrons. The van der Waals surface area contributed by atoms with Gasteiger partial charge in [0.15, 0.2) is 0 Å². The monoisotopic (exact) mass is 390 g/mol. The molecule has 146 valence electrons. The Bertz CT molecular complexity index is 1390. The number of allylic oxidation sites excluding steroid dienone is 1. The molecule has 0 saturated carbocycles. The molecule has 8 heteroatoms. The van der Waals surface area contributed by atoms with Crippen molar-refractivity contribution in [3.63, 3.8) is 0 Å². The van der Waals surface area contributed by atoms with Gasteiger partial charge in [-0.15, -0.1) is 11.3 Å². The van der Waals surface area contributed by atoms with E-state index < -0.39 is 11.2 Å². The summed E-state index contributed by atoms with van der Waals surface area (Å²) in [6.07, 6.45) is 3.43. The number of H-pyrrole nitrogens is 2. The number of aromatic nitrogens is 3. The molecule has 0 atom stereocenters. The summed E-state index contributed by atoms with van der Waals surface area (Å²) in [5, 5.41) is 15.0. The lowest BCUT2D eigenvalue weighted by atomic mass is 10.1. The Hall–Kier alpha value is -4.07. The van der Waals surface area contributed by atoms with Crippen molar-refractivity contribution >= 4 is 28.2 Å². The molecule has 0 spiro atoms. The average Bonchev–Trinajstić information content (AvgIpc) is 3.08. The molecule has 0 fully saturated rings. The Labute approximate surface area is 164 Å². The number of nitrogens with zero attached hydrogens (tertiary/aromatic N) is 2. The number of methoxy groups -OCH3 is 1. The second kappa shape index (κ2) is 7.16.